The van der Waals surface area contributed by atoms with E-state index >= 15 is 0 Å². The van der Waals surface area contributed by atoms with Gasteiger partial charge in [-0.3, -0.25) is 14.4 Å². The number of hydrogen-bond donors (Lipinski definition) is 1. The van der Waals surface area contributed by atoms with Crippen LogP contribution in [0.4, 0.5) is 0 Å². The molecule has 0 atom stereocenters. The largest absolute Gasteiger partial charge is 0.493 e. The number of piperidine rings is 1. The number of hydrogen-bond acceptors (Lipinski definition) is 5. The fraction of sp³-hybridized carbons (Fsp3) is 0.409. The molecule has 2 aromatic rings. The second-order valence-corrected chi connectivity index (χ2v) is 7.35. The molecule has 1 N–H and O–H groups in total. The van der Waals surface area contributed by atoms with Crippen LogP contribution in [0.15, 0.2) is 41.3 Å². The summed E-state index contributed by atoms with van der Waals surface area (Å²) in [4.78, 5) is 39.0. The molecule has 160 valence electrons. The number of nitrogens with one attached hydrogen (secondary N) is 1. The topological polar surface area (TPSA) is 89.9 Å². The Hall–Kier alpha value is -3.29. The number of aromatic nitrogens is 1. The third kappa shape index (κ3) is 4.64. The van der Waals surface area contributed by atoms with Gasteiger partial charge in [0.15, 0.2) is 11.5 Å². The van der Waals surface area contributed by atoms with E-state index in [1.807, 2.05) is 0 Å². The van der Waals surface area contributed by atoms with Gasteiger partial charge in [-0.05, 0) is 49.1 Å². The van der Waals surface area contributed by atoms with E-state index in [1.54, 1.807) is 55.6 Å². The number of likely N-dealkylation sites (tertiary alicyclic amines) is 1. The maximum absolute atomic E-state index is 12.7. The Labute approximate surface area is 175 Å². The summed E-state index contributed by atoms with van der Waals surface area (Å²) < 4.78 is 11.8. The zero-order valence-electron chi connectivity index (χ0n) is 17.5. The lowest BCUT2D eigenvalue weighted by molar-refractivity contribution is 0.0682. The van der Waals surface area contributed by atoms with Gasteiger partial charge in [-0.1, -0.05) is 0 Å². The van der Waals surface area contributed by atoms with Crippen LogP contribution in [0, 0.1) is 5.92 Å². The minimum atomic E-state index is -0.285. The van der Waals surface area contributed by atoms with Gasteiger partial charge in [0, 0.05) is 38.4 Å². The lowest BCUT2D eigenvalue weighted by Crippen LogP contribution is -2.43. The van der Waals surface area contributed by atoms with Crippen molar-refractivity contribution in [3.63, 3.8) is 0 Å². The summed E-state index contributed by atoms with van der Waals surface area (Å²) in [5.74, 6) is 0.936. The van der Waals surface area contributed by atoms with Crippen LogP contribution in [0.5, 0.6) is 11.5 Å². The van der Waals surface area contributed by atoms with Crippen LogP contribution in [0.25, 0.3) is 0 Å². The number of methoxy groups -OCH3 is 2. The van der Waals surface area contributed by atoms with Crippen molar-refractivity contribution in [3.8, 4) is 11.5 Å². The summed E-state index contributed by atoms with van der Waals surface area (Å²) in [6.07, 6.45) is 3.17. The molecule has 1 aliphatic heterocycles. The van der Waals surface area contributed by atoms with Crippen LogP contribution >= 0.6 is 0 Å². The van der Waals surface area contributed by atoms with Gasteiger partial charge in [0.1, 0.15) is 5.56 Å². The summed E-state index contributed by atoms with van der Waals surface area (Å²) in [6.45, 7) is 1.66. The lowest BCUT2D eigenvalue weighted by Gasteiger charge is -2.32. The molecule has 1 aliphatic rings. The van der Waals surface area contributed by atoms with Crippen molar-refractivity contribution >= 4 is 11.8 Å². The fourth-order valence-corrected chi connectivity index (χ4v) is 3.59. The molecule has 1 aromatic heterocycles. The van der Waals surface area contributed by atoms with Gasteiger partial charge in [0.25, 0.3) is 17.4 Å². The second-order valence-electron chi connectivity index (χ2n) is 7.35. The first-order chi connectivity index (χ1) is 14.4. The smallest absolute Gasteiger partial charge is 0.263 e. The van der Waals surface area contributed by atoms with Crippen LogP contribution in [0.1, 0.15) is 33.6 Å². The molecule has 1 saturated heterocycles. The Morgan fingerprint density at radius 2 is 1.80 bits per heavy atom. The van der Waals surface area contributed by atoms with E-state index in [4.69, 9.17) is 9.47 Å². The maximum Gasteiger partial charge on any atom is 0.263 e. The van der Waals surface area contributed by atoms with Crippen molar-refractivity contribution < 1.29 is 19.1 Å². The van der Waals surface area contributed by atoms with E-state index < -0.39 is 0 Å². The van der Waals surface area contributed by atoms with Crippen LogP contribution in [0.3, 0.4) is 0 Å². The van der Waals surface area contributed by atoms with Crippen LogP contribution in [-0.4, -0.2) is 55.1 Å². The van der Waals surface area contributed by atoms with Crippen LogP contribution in [-0.2, 0) is 7.05 Å². The van der Waals surface area contributed by atoms with E-state index in [9.17, 15) is 14.4 Å². The Morgan fingerprint density at radius 1 is 1.10 bits per heavy atom. The molecule has 0 unspecified atom stereocenters. The van der Waals surface area contributed by atoms with E-state index in [2.05, 4.69) is 5.32 Å². The van der Waals surface area contributed by atoms with E-state index in [-0.39, 0.29) is 28.9 Å². The fourth-order valence-electron chi connectivity index (χ4n) is 3.59. The average molecular weight is 413 g/mol. The van der Waals surface area contributed by atoms with E-state index in [0.717, 1.165) is 12.8 Å². The highest BCUT2D eigenvalue weighted by atomic mass is 16.5. The monoisotopic (exact) mass is 413 g/mol. The van der Waals surface area contributed by atoms with E-state index in [1.165, 1.54) is 11.7 Å². The molecular formula is C22H27N3O5. The highest BCUT2D eigenvalue weighted by Gasteiger charge is 2.25. The first kappa shape index (κ1) is 21.4. The predicted molar refractivity (Wildman–Crippen MR) is 112 cm³/mol. The third-order valence-corrected chi connectivity index (χ3v) is 5.45. The van der Waals surface area contributed by atoms with Gasteiger partial charge in [0.2, 0.25) is 0 Å². The highest BCUT2D eigenvalue weighted by molar-refractivity contribution is 5.95. The van der Waals surface area contributed by atoms with Crippen molar-refractivity contribution in [2.24, 2.45) is 13.0 Å². The number of nitrogens with zero attached hydrogens (tertiary/aromatic N) is 2. The molecule has 8 nitrogen and oxygen atoms in total. The number of carbonyl (C=O) groups excluding carboxylic acids is 2. The van der Waals surface area contributed by atoms with Gasteiger partial charge in [-0.2, -0.15) is 0 Å². The van der Waals surface area contributed by atoms with Crippen LogP contribution in [0.2, 0.25) is 0 Å². The Morgan fingerprint density at radius 3 is 2.47 bits per heavy atom. The molecule has 2 heterocycles. The Balaban J connectivity index is 1.52. The van der Waals surface area contributed by atoms with Crippen LogP contribution < -0.4 is 20.3 Å². The quantitative estimate of drug-likeness (QED) is 0.778. The maximum atomic E-state index is 12.7. The summed E-state index contributed by atoms with van der Waals surface area (Å²) in [5.41, 5.74) is 0.409. The van der Waals surface area contributed by atoms with Gasteiger partial charge in [0.05, 0.1) is 14.2 Å². The average Bonchev–Trinajstić information content (AvgIpc) is 2.78. The zero-order valence-corrected chi connectivity index (χ0v) is 17.5. The van der Waals surface area contributed by atoms with Gasteiger partial charge < -0.3 is 24.3 Å². The first-order valence-corrected chi connectivity index (χ1v) is 9.89. The molecule has 8 heteroatoms. The number of pyridine rings is 1. The molecule has 30 heavy (non-hydrogen) atoms. The molecule has 0 radical (unpaired) electrons. The minimum Gasteiger partial charge on any atom is -0.493 e. The Bertz CT molecular complexity index is 977. The number of rotatable bonds is 6. The standard InChI is InChI=1S/C22H27N3O5/c1-24-10-4-5-17(21(24)27)22(28)25-11-8-15(9-12-25)14-23-20(26)16-6-7-18(29-2)19(13-16)30-3/h4-7,10,13,15H,8-9,11-12,14H2,1-3H3,(H,23,26). The van der Waals surface area contributed by atoms with Gasteiger partial charge in [-0.15, -0.1) is 0 Å². The molecule has 0 bridgehead atoms. The van der Waals surface area contributed by atoms with Crippen molar-refractivity contribution in [2.45, 2.75) is 12.8 Å². The normalized spacial score (nSPS) is 14.3. The number of carbonyl (C=O) groups is 2. The SMILES string of the molecule is COc1ccc(C(=O)NCC2CCN(C(=O)c3cccn(C)c3=O)CC2)cc1OC. The van der Waals surface area contributed by atoms with Gasteiger partial charge in [-0.25, -0.2) is 0 Å². The molecule has 3 rings (SSSR count). The number of benzene rings is 1. The zero-order chi connectivity index (χ0) is 21.7. The van der Waals surface area contributed by atoms with Crippen molar-refractivity contribution in [1.29, 1.82) is 0 Å². The summed E-state index contributed by atoms with van der Waals surface area (Å²) in [5, 5.41) is 2.96. The Kier molecular flexibility index (Phi) is 6.76. The molecule has 2 amide bonds. The minimum absolute atomic E-state index is 0.178. The van der Waals surface area contributed by atoms with Crippen molar-refractivity contribution in [1.82, 2.24) is 14.8 Å². The number of aryl methyl sites for hydroxylation is 1. The second kappa shape index (κ2) is 9.47. The number of ether oxygens (including phenoxy) is 2. The predicted octanol–water partition coefficient (Wildman–Crippen LogP) is 1.68. The van der Waals surface area contributed by atoms with Crippen molar-refractivity contribution in [3.05, 3.63) is 58.0 Å². The summed E-state index contributed by atoms with van der Waals surface area (Å²) >= 11 is 0. The summed E-state index contributed by atoms with van der Waals surface area (Å²) in [7, 11) is 4.71. The lowest BCUT2D eigenvalue weighted by atomic mass is 9.96. The van der Waals surface area contributed by atoms with E-state index in [0.29, 0.717) is 36.7 Å². The molecule has 1 fully saturated rings. The molecular weight excluding hydrogens is 386 g/mol. The first-order valence-electron chi connectivity index (χ1n) is 9.89. The third-order valence-electron chi connectivity index (χ3n) is 5.45. The number of amides is 2. The highest BCUT2D eigenvalue weighted by Crippen LogP contribution is 2.27. The molecule has 0 aliphatic carbocycles. The summed E-state index contributed by atoms with van der Waals surface area (Å²) in [6, 6.07) is 8.31. The van der Waals surface area contributed by atoms with Crippen molar-refractivity contribution in [2.75, 3.05) is 33.9 Å². The molecule has 1 aromatic carbocycles. The molecule has 0 saturated carbocycles. The van der Waals surface area contributed by atoms with Gasteiger partial charge >= 0.3 is 0 Å². The molecule has 0 spiro atoms.